The van der Waals surface area contributed by atoms with Crippen LogP contribution in [0.4, 0.5) is 0 Å². The number of quaternary nitrogens is 1. The molecule has 0 aromatic rings. The Bertz CT molecular complexity index is 869. The van der Waals surface area contributed by atoms with Gasteiger partial charge in [-0.2, -0.15) is 0 Å². The summed E-state index contributed by atoms with van der Waals surface area (Å²) in [4.78, 5) is 36.7. The van der Waals surface area contributed by atoms with Crippen LogP contribution in [0, 0.1) is 0 Å². The number of hydrogen-bond donors (Lipinski definition) is 1. The van der Waals surface area contributed by atoms with Crippen molar-refractivity contribution in [3.05, 3.63) is 12.2 Å². The number of carbonyl (C=O) groups excluding carboxylic acids is 2. The fraction of sp³-hybridized carbons (Fsp3) is 0.886. The van der Waals surface area contributed by atoms with E-state index in [1.54, 1.807) is 0 Å². The number of esters is 2. The van der Waals surface area contributed by atoms with Crippen molar-refractivity contribution in [3.8, 4) is 0 Å². The highest BCUT2D eigenvalue weighted by atomic mass is 16.6. The van der Waals surface area contributed by atoms with Gasteiger partial charge in [-0.05, 0) is 25.7 Å². The maximum absolute atomic E-state index is 12.5. The zero-order valence-electron chi connectivity index (χ0n) is 34.8. The number of carboxylic acid groups (broad SMARTS) is 1. The molecule has 0 rings (SSSR count). The Labute approximate surface area is 320 Å². The second kappa shape index (κ2) is 36.1. The first-order valence-corrected chi connectivity index (χ1v) is 21.7. The molecule has 0 bridgehead atoms. The summed E-state index contributed by atoms with van der Waals surface area (Å²) in [7, 11) is 5.51. The summed E-state index contributed by atoms with van der Waals surface area (Å²) in [5, 5.41) is 9.57. The lowest BCUT2D eigenvalue weighted by atomic mass is 10.0. The molecular formula is C44H84NO7+. The van der Waals surface area contributed by atoms with Crippen molar-refractivity contribution >= 4 is 17.9 Å². The number of ether oxygens (including phenoxy) is 3. The van der Waals surface area contributed by atoms with E-state index in [2.05, 4.69) is 19.9 Å². The van der Waals surface area contributed by atoms with Gasteiger partial charge in [0.05, 0.1) is 34.4 Å². The molecule has 1 N–H and O–H groups in total. The number of likely N-dealkylation sites (N-methyl/N-ethyl adjacent to an activating group) is 1. The van der Waals surface area contributed by atoms with Gasteiger partial charge in [-0.1, -0.05) is 167 Å². The highest BCUT2D eigenvalue weighted by Gasteiger charge is 2.31. The predicted molar refractivity (Wildman–Crippen MR) is 215 cm³/mol. The molecule has 0 aliphatic rings. The Kier molecular flexibility index (Phi) is 34.7. The molecule has 0 saturated carbocycles. The summed E-state index contributed by atoms with van der Waals surface area (Å²) in [6.07, 6.45) is 37.3. The Morgan fingerprint density at radius 3 is 1.46 bits per heavy atom. The van der Waals surface area contributed by atoms with Gasteiger partial charge in [0, 0.05) is 19.3 Å². The van der Waals surface area contributed by atoms with E-state index < -0.39 is 18.1 Å². The second-order valence-electron chi connectivity index (χ2n) is 16.0. The molecule has 52 heavy (non-hydrogen) atoms. The Hall–Kier alpha value is -1.93. The van der Waals surface area contributed by atoms with E-state index in [9.17, 15) is 19.5 Å². The maximum atomic E-state index is 12.5. The fourth-order valence-electron chi connectivity index (χ4n) is 6.52. The lowest BCUT2D eigenvalue weighted by molar-refractivity contribution is -0.887. The van der Waals surface area contributed by atoms with Crippen LogP contribution in [-0.2, 0) is 28.6 Å². The van der Waals surface area contributed by atoms with Gasteiger partial charge < -0.3 is 23.8 Å². The number of carbonyl (C=O) groups is 3. The molecule has 0 aliphatic heterocycles. The van der Waals surface area contributed by atoms with Gasteiger partial charge >= 0.3 is 17.9 Å². The molecule has 0 aliphatic carbocycles. The van der Waals surface area contributed by atoms with Crippen LogP contribution in [-0.4, -0.2) is 80.6 Å². The average molecular weight is 739 g/mol. The van der Waals surface area contributed by atoms with Crippen LogP contribution < -0.4 is 0 Å². The molecule has 0 heterocycles. The fourth-order valence-corrected chi connectivity index (χ4v) is 6.52. The number of allylic oxidation sites excluding steroid dienone is 2. The van der Waals surface area contributed by atoms with Gasteiger partial charge in [0.1, 0.15) is 6.61 Å². The molecular weight excluding hydrogens is 654 g/mol. The first kappa shape index (κ1) is 50.1. The minimum Gasteiger partial charge on any atom is -0.477 e. The van der Waals surface area contributed by atoms with Gasteiger partial charge in [-0.25, -0.2) is 4.79 Å². The molecule has 0 amide bonds. The van der Waals surface area contributed by atoms with E-state index in [4.69, 9.17) is 14.2 Å². The summed E-state index contributed by atoms with van der Waals surface area (Å²) in [5.74, 6) is -1.53. The van der Waals surface area contributed by atoms with Gasteiger partial charge in [0.25, 0.3) is 0 Å². The van der Waals surface area contributed by atoms with Gasteiger partial charge in [0.15, 0.2) is 12.1 Å². The molecule has 0 aromatic heterocycles. The third-order valence-electron chi connectivity index (χ3n) is 9.93. The standard InChI is InChI=1S/C44H83NO7/c1-6-8-10-12-14-15-16-17-18-19-20-21-22-23-24-25-26-27-29-30-32-34-42(46)51-39-40(38-50-37-36-41(44(48)49)45(3,4)5)52-43(47)35-33-31-28-13-11-9-7-2/h28,31,40-41H,6-27,29-30,32-39H2,1-5H3/p+1/b31-28+. The highest BCUT2D eigenvalue weighted by Crippen LogP contribution is 2.16. The van der Waals surface area contributed by atoms with E-state index in [0.717, 1.165) is 32.1 Å². The van der Waals surface area contributed by atoms with Crippen molar-refractivity contribution in [3.63, 3.8) is 0 Å². The van der Waals surface area contributed by atoms with Gasteiger partial charge in [-0.3, -0.25) is 9.59 Å². The van der Waals surface area contributed by atoms with Crippen molar-refractivity contribution in [2.24, 2.45) is 0 Å². The molecule has 0 fully saturated rings. The van der Waals surface area contributed by atoms with Gasteiger partial charge in [-0.15, -0.1) is 0 Å². The molecule has 8 nitrogen and oxygen atoms in total. The Morgan fingerprint density at radius 2 is 1.00 bits per heavy atom. The van der Waals surface area contributed by atoms with Crippen LogP contribution in [0.15, 0.2) is 12.2 Å². The van der Waals surface area contributed by atoms with Crippen LogP contribution in [0.2, 0.25) is 0 Å². The zero-order valence-corrected chi connectivity index (χ0v) is 34.8. The topological polar surface area (TPSA) is 99.1 Å². The summed E-state index contributed by atoms with van der Waals surface area (Å²) in [6.45, 7) is 4.65. The molecule has 2 atom stereocenters. The third kappa shape index (κ3) is 33.9. The lowest BCUT2D eigenvalue weighted by Gasteiger charge is -2.31. The van der Waals surface area contributed by atoms with E-state index in [1.165, 1.54) is 128 Å². The highest BCUT2D eigenvalue weighted by molar-refractivity contribution is 5.72. The number of aliphatic carboxylic acids is 1. The number of nitrogens with zero attached hydrogens (tertiary/aromatic N) is 1. The Morgan fingerprint density at radius 1 is 0.558 bits per heavy atom. The molecule has 0 aromatic carbocycles. The minimum atomic E-state index is -0.879. The lowest BCUT2D eigenvalue weighted by Crippen LogP contribution is -2.50. The van der Waals surface area contributed by atoms with Crippen molar-refractivity contribution in [1.82, 2.24) is 0 Å². The maximum Gasteiger partial charge on any atom is 0.362 e. The normalized spacial score (nSPS) is 13.0. The quantitative estimate of drug-likeness (QED) is 0.0290. The zero-order chi connectivity index (χ0) is 38.5. The third-order valence-corrected chi connectivity index (χ3v) is 9.93. The van der Waals surface area contributed by atoms with Crippen LogP contribution in [0.25, 0.3) is 0 Å². The first-order chi connectivity index (χ1) is 25.1. The van der Waals surface area contributed by atoms with E-state index in [-0.39, 0.29) is 42.7 Å². The summed E-state index contributed by atoms with van der Waals surface area (Å²) < 4.78 is 17.1. The van der Waals surface area contributed by atoms with Crippen LogP contribution in [0.1, 0.15) is 200 Å². The first-order valence-electron chi connectivity index (χ1n) is 21.7. The minimum absolute atomic E-state index is 0.0503. The van der Waals surface area contributed by atoms with Crippen molar-refractivity contribution < 1.29 is 38.2 Å². The average Bonchev–Trinajstić information content (AvgIpc) is 3.09. The smallest absolute Gasteiger partial charge is 0.362 e. The van der Waals surface area contributed by atoms with Crippen LogP contribution in [0.3, 0.4) is 0 Å². The van der Waals surface area contributed by atoms with E-state index >= 15 is 0 Å². The van der Waals surface area contributed by atoms with Gasteiger partial charge in [0.2, 0.25) is 0 Å². The van der Waals surface area contributed by atoms with Crippen molar-refractivity contribution in [2.75, 3.05) is 41.0 Å². The van der Waals surface area contributed by atoms with E-state index in [1.807, 2.05) is 27.2 Å². The number of carboxylic acids is 1. The Balaban J connectivity index is 4.11. The molecule has 306 valence electrons. The molecule has 0 spiro atoms. The summed E-state index contributed by atoms with van der Waals surface area (Å²) in [5.41, 5.74) is 0. The second-order valence-corrected chi connectivity index (χ2v) is 16.0. The van der Waals surface area contributed by atoms with E-state index in [0.29, 0.717) is 19.3 Å². The summed E-state index contributed by atoms with van der Waals surface area (Å²) >= 11 is 0. The van der Waals surface area contributed by atoms with Crippen molar-refractivity contribution in [1.29, 1.82) is 0 Å². The van der Waals surface area contributed by atoms with Crippen LogP contribution in [0.5, 0.6) is 0 Å². The molecule has 0 saturated heterocycles. The number of hydrogen-bond acceptors (Lipinski definition) is 6. The molecule has 0 radical (unpaired) electrons. The SMILES string of the molecule is CCCCC/C=C/CCC(=O)OC(COCCC(C(=O)O)[N+](C)(C)C)COC(=O)CCCCCCCCCCCCCCCCCCCCCCC. The monoisotopic (exact) mass is 739 g/mol. The van der Waals surface area contributed by atoms with Crippen molar-refractivity contribution in [2.45, 2.75) is 212 Å². The molecule has 2 unspecified atom stereocenters. The predicted octanol–water partition coefficient (Wildman–Crippen LogP) is 11.5. The van der Waals surface area contributed by atoms with Crippen LogP contribution >= 0.6 is 0 Å². The molecule has 8 heteroatoms. The number of unbranched alkanes of at least 4 members (excludes halogenated alkanes) is 23. The largest absolute Gasteiger partial charge is 0.477 e. The number of rotatable bonds is 39. The summed E-state index contributed by atoms with van der Waals surface area (Å²) in [6, 6.07) is -0.614.